The van der Waals surface area contributed by atoms with E-state index in [2.05, 4.69) is 10.2 Å². The van der Waals surface area contributed by atoms with Crippen LogP contribution >= 0.6 is 0 Å². The van der Waals surface area contributed by atoms with Crippen LogP contribution in [0.5, 0.6) is 5.75 Å². The molecule has 0 bridgehead atoms. The smallest absolute Gasteiger partial charge is 0.295 e. The minimum Gasteiger partial charge on any atom is -0.463 e. The Morgan fingerprint density at radius 1 is 0.529 bits per heavy atom. The summed E-state index contributed by atoms with van der Waals surface area (Å²) in [4.78, 5) is 1.53. The quantitative estimate of drug-likeness (QED) is 0.0366. The van der Waals surface area contributed by atoms with E-state index in [0.29, 0.717) is 27.5 Å². The summed E-state index contributed by atoms with van der Waals surface area (Å²) in [6, 6.07) is 28.1. The van der Waals surface area contributed by atoms with Gasteiger partial charge in [-0.25, -0.2) is 0 Å². The molecule has 0 fully saturated rings. The van der Waals surface area contributed by atoms with Crippen molar-refractivity contribution in [2.24, 2.45) is 10.2 Å². The lowest BCUT2D eigenvalue weighted by Gasteiger charge is -2.11. The second kappa shape index (κ2) is 14.6. The Kier molecular flexibility index (Phi) is 9.24. The fourth-order valence-electron chi connectivity index (χ4n) is 8.32. The van der Waals surface area contributed by atoms with Crippen molar-refractivity contribution in [3.05, 3.63) is 126 Å². The minimum absolute atomic E-state index is 0.0406. The van der Waals surface area contributed by atoms with Crippen LogP contribution in [0.1, 0.15) is 18.1 Å². The molecular weight excluding hydrogens is 969 g/mol. The zero-order chi connectivity index (χ0) is 48.0. The topological polar surface area (TPSA) is 299 Å². The van der Waals surface area contributed by atoms with Crippen molar-refractivity contribution in [2.45, 2.75) is 32.8 Å². The highest BCUT2D eigenvalue weighted by atomic mass is 32.2. The first kappa shape index (κ1) is 43.2. The summed E-state index contributed by atoms with van der Waals surface area (Å²) in [5.41, 5.74) is 3.29. The van der Waals surface area contributed by atoms with Crippen LogP contribution in [-0.2, 0) is 40.5 Å². The molecule has 26 heteroatoms. The van der Waals surface area contributed by atoms with Gasteiger partial charge in [-0.15, -0.1) is 23.6 Å². The Bertz CT molecular complexity index is 4460. The fourth-order valence-corrected chi connectivity index (χ4v) is 11.0. The molecule has 22 nitrogen and oxygen atoms in total. The predicted octanol–water partition coefficient (Wildman–Crippen LogP) is 6.75. The van der Waals surface area contributed by atoms with Crippen molar-refractivity contribution in [3.63, 3.8) is 0 Å². The molecule has 0 amide bonds. The van der Waals surface area contributed by atoms with E-state index in [-0.39, 0.29) is 49.1 Å². The molecule has 0 aliphatic carbocycles. The summed E-state index contributed by atoms with van der Waals surface area (Å²) in [5, 5.41) is 20.6. The van der Waals surface area contributed by atoms with E-state index in [1.54, 1.807) is 62.6 Å². The molecule has 5 N–H and O–H groups in total. The van der Waals surface area contributed by atoms with Crippen molar-refractivity contribution < 1.29 is 61.7 Å². The van der Waals surface area contributed by atoms with Gasteiger partial charge in [-0.05, 0) is 84.1 Å². The third-order valence-corrected chi connectivity index (χ3v) is 14.9. The van der Waals surface area contributed by atoms with E-state index in [0.717, 1.165) is 28.6 Å². The van der Waals surface area contributed by atoms with Gasteiger partial charge in [0.05, 0.1) is 22.0 Å². The average Bonchev–Trinajstić information content (AvgIpc) is 4.13. The molecule has 1 atom stereocenters. The second-order valence-electron chi connectivity index (χ2n) is 15.6. The number of aliphatic hydroxyl groups excluding tert-OH is 1. The molecule has 0 saturated heterocycles. The summed E-state index contributed by atoms with van der Waals surface area (Å²) >= 11 is 0. The molecular formula is C42H30N8O14S4. The third kappa shape index (κ3) is 7.00. The summed E-state index contributed by atoms with van der Waals surface area (Å²) in [7, 11) is -18.9. The van der Waals surface area contributed by atoms with E-state index in [1.807, 2.05) is 4.63 Å². The number of aromatic nitrogens is 6. The maximum Gasteiger partial charge on any atom is 0.295 e. The van der Waals surface area contributed by atoms with Gasteiger partial charge in [0.15, 0.2) is 12.0 Å². The van der Waals surface area contributed by atoms with Gasteiger partial charge in [-0.1, -0.05) is 60.7 Å². The van der Waals surface area contributed by atoms with Gasteiger partial charge < -0.3 is 9.84 Å². The molecule has 0 aliphatic rings. The van der Waals surface area contributed by atoms with Crippen molar-refractivity contribution in [1.82, 2.24) is 28.1 Å². The van der Waals surface area contributed by atoms with Crippen LogP contribution in [0.3, 0.4) is 0 Å². The summed E-state index contributed by atoms with van der Waals surface area (Å²) in [6.07, 6.45) is 1.13. The number of ether oxygens (including phenoxy) is 1. The lowest BCUT2D eigenvalue weighted by molar-refractivity contribution is 0.000115. The van der Waals surface area contributed by atoms with Crippen LogP contribution in [0.4, 0.5) is 11.4 Å². The van der Waals surface area contributed by atoms with Gasteiger partial charge >= 0.3 is 0 Å². The maximum atomic E-state index is 12.7. The van der Waals surface area contributed by atoms with E-state index in [4.69, 9.17) is 4.74 Å². The van der Waals surface area contributed by atoms with Gasteiger partial charge in [-0.2, -0.15) is 48.4 Å². The molecule has 4 aromatic heterocycles. The normalized spacial score (nSPS) is 14.0. The number of azo groups is 1. The van der Waals surface area contributed by atoms with Crippen molar-refractivity contribution >= 4 is 108 Å². The Balaban J connectivity index is 0.892. The van der Waals surface area contributed by atoms with Crippen LogP contribution in [0, 0.1) is 0 Å². The van der Waals surface area contributed by atoms with Gasteiger partial charge in [-0.3, -0.25) is 18.2 Å². The van der Waals surface area contributed by atoms with Crippen molar-refractivity contribution in [3.8, 4) is 17.1 Å². The summed E-state index contributed by atoms with van der Waals surface area (Å²) in [6.45, 7) is 1.38. The highest BCUT2D eigenvalue weighted by molar-refractivity contribution is 7.86. The SMILES string of the molecule is CC(O)Oc1cc(-n2n3c4ccc5cc(S(=O)(=O)O)ccc5c4n23)ccc1N=Nc1ccc(C=Cc2ccc(-n3n4c5cc(S(=O)(=O)O)c6ccccc6c5n34)cc2S(=O)(=O)O)c(S(=O)(=O)O)c1. The number of benzene rings is 7. The Hall–Kier alpha value is -7.40. The molecule has 7 aromatic carbocycles. The van der Waals surface area contributed by atoms with E-state index in [9.17, 15) is 57.0 Å². The molecule has 1 unspecified atom stereocenters. The molecule has 4 heterocycles. The summed E-state index contributed by atoms with van der Waals surface area (Å²) < 4.78 is 151. The fraction of sp³-hybridized carbons (Fsp3) is 0.0476. The number of hydrogen-bond acceptors (Lipinski definition) is 12. The standard InChI is InChI=1S/C42H30N8O14S4/c1-23(51)64-37-20-28(45-47-35-17-10-26-18-30(65(52,53)54)14-15-31(26)41(35)49(45)47)13-16-34(37)44-43-27-11-8-24(38(19-27)66(55,56)57)6-7-25-9-12-29(21-39(25)67(58,59)60)46-48-36-22-40(68(61,62)63)32-4-2-3-5-33(32)42(36)50(46)48/h2-23,51H,1H3,(H,52,53,54)(H,55,56,57)(H,58,59,60)(H,61,62,63). The largest absolute Gasteiger partial charge is 0.463 e. The zero-order valence-electron chi connectivity index (χ0n) is 34.3. The molecule has 0 spiro atoms. The van der Waals surface area contributed by atoms with Crippen LogP contribution < -0.4 is 4.74 Å². The van der Waals surface area contributed by atoms with Crippen molar-refractivity contribution in [1.29, 1.82) is 0 Å². The van der Waals surface area contributed by atoms with E-state index < -0.39 is 56.6 Å². The zero-order valence-corrected chi connectivity index (χ0v) is 37.6. The third-order valence-electron chi connectivity index (χ3n) is 11.3. The second-order valence-corrected chi connectivity index (χ2v) is 21.2. The first-order valence-electron chi connectivity index (χ1n) is 19.8. The number of hydrogen-bond donors (Lipinski definition) is 5. The molecule has 11 rings (SSSR count). The highest BCUT2D eigenvalue weighted by Gasteiger charge is 2.31. The van der Waals surface area contributed by atoms with Gasteiger partial charge in [0, 0.05) is 22.2 Å². The van der Waals surface area contributed by atoms with Crippen LogP contribution in [0.2, 0.25) is 0 Å². The van der Waals surface area contributed by atoms with E-state index in [1.165, 1.54) is 83.1 Å². The number of aliphatic hydroxyl groups is 1. The Morgan fingerprint density at radius 3 is 1.76 bits per heavy atom. The molecule has 0 aliphatic heterocycles. The first-order chi connectivity index (χ1) is 32.1. The molecule has 11 aromatic rings. The number of rotatable bonds is 12. The van der Waals surface area contributed by atoms with E-state index >= 15 is 0 Å². The molecule has 68 heavy (non-hydrogen) atoms. The number of nitrogens with zero attached hydrogens (tertiary/aromatic N) is 8. The van der Waals surface area contributed by atoms with Crippen LogP contribution in [0.25, 0.3) is 67.1 Å². The lowest BCUT2D eigenvalue weighted by Crippen LogP contribution is -2.09. The predicted molar refractivity (Wildman–Crippen MR) is 244 cm³/mol. The Morgan fingerprint density at radius 2 is 1.12 bits per heavy atom. The monoisotopic (exact) mass is 998 g/mol. The van der Waals surface area contributed by atoms with Crippen LogP contribution in [-0.4, -0.2) is 91.4 Å². The average molecular weight is 999 g/mol. The highest BCUT2D eigenvalue weighted by Crippen LogP contribution is 2.39. The Labute approximate surface area is 382 Å². The first-order valence-corrected chi connectivity index (χ1v) is 25.5. The van der Waals surface area contributed by atoms with Crippen molar-refractivity contribution in [2.75, 3.05) is 0 Å². The molecule has 346 valence electrons. The van der Waals surface area contributed by atoms with Gasteiger partial charge in [0.2, 0.25) is 0 Å². The summed E-state index contributed by atoms with van der Waals surface area (Å²) in [5.74, 6) is 0.0849. The minimum atomic E-state index is -4.94. The van der Waals surface area contributed by atoms with Gasteiger partial charge in [0.25, 0.3) is 40.5 Å². The lowest BCUT2D eigenvalue weighted by atomic mass is 10.1. The number of fused-ring (bicyclic) bond motifs is 12. The van der Waals surface area contributed by atoms with Crippen LogP contribution in [0.15, 0.2) is 145 Å². The molecule has 0 saturated carbocycles. The maximum absolute atomic E-state index is 12.7. The molecule has 0 radical (unpaired) electrons. The van der Waals surface area contributed by atoms with Gasteiger partial charge in [0.1, 0.15) is 42.4 Å².